The molecule has 2 aromatic heterocycles. The Labute approximate surface area is 184 Å². The number of nitrogens with one attached hydrogen (secondary N) is 1. The number of Topliss-reactive ketones (excluding diaryl/α,β-unsaturated/α-hetero) is 1. The van der Waals surface area contributed by atoms with E-state index in [9.17, 15) is 14.7 Å². The van der Waals surface area contributed by atoms with Crippen LogP contribution >= 0.6 is 0 Å². The molecule has 2 aromatic carbocycles. The van der Waals surface area contributed by atoms with Crippen LogP contribution in [0.4, 0.5) is 0 Å². The van der Waals surface area contributed by atoms with Gasteiger partial charge in [-0.15, -0.1) is 0 Å². The van der Waals surface area contributed by atoms with Crippen molar-refractivity contribution >= 4 is 28.4 Å². The quantitative estimate of drug-likeness (QED) is 0.286. The lowest BCUT2D eigenvalue weighted by atomic mass is 9.96. The molecule has 5 rings (SSSR count). The number of aliphatic hydroxyl groups is 1. The fourth-order valence-electron chi connectivity index (χ4n) is 4.33. The second-order valence-corrected chi connectivity index (χ2v) is 7.75. The summed E-state index contributed by atoms with van der Waals surface area (Å²) in [6, 6.07) is 19.7. The van der Waals surface area contributed by atoms with Gasteiger partial charge in [0, 0.05) is 41.6 Å². The van der Waals surface area contributed by atoms with E-state index in [1.165, 1.54) is 4.90 Å². The third-order valence-corrected chi connectivity index (χ3v) is 5.88. The zero-order valence-electron chi connectivity index (χ0n) is 17.2. The Kier molecular flexibility index (Phi) is 5.03. The normalized spacial score (nSPS) is 17.9. The lowest BCUT2D eigenvalue weighted by Gasteiger charge is -2.25. The fourth-order valence-corrected chi connectivity index (χ4v) is 4.33. The number of para-hydroxylation sites is 1. The molecule has 6 nitrogen and oxygen atoms in total. The molecule has 0 aliphatic carbocycles. The SMILES string of the molecule is O=C1C(=O)N(CCc2c[nH]c3ccccc23)C(c2cccnc2)/C1=C(\O)c1ccccc1. The predicted octanol–water partition coefficient (Wildman–Crippen LogP) is 4.23. The number of hydrogen-bond acceptors (Lipinski definition) is 4. The number of benzene rings is 2. The Morgan fingerprint density at radius 3 is 2.56 bits per heavy atom. The van der Waals surface area contributed by atoms with Crippen molar-refractivity contribution in [1.29, 1.82) is 0 Å². The van der Waals surface area contributed by atoms with Crippen LogP contribution in [0.15, 0.2) is 90.9 Å². The molecule has 1 aliphatic rings. The number of hydrogen-bond donors (Lipinski definition) is 2. The van der Waals surface area contributed by atoms with Crippen molar-refractivity contribution in [2.24, 2.45) is 0 Å². The highest BCUT2D eigenvalue weighted by atomic mass is 16.3. The first-order valence-electron chi connectivity index (χ1n) is 10.4. The molecule has 4 aromatic rings. The summed E-state index contributed by atoms with van der Waals surface area (Å²) in [5.41, 5.74) is 3.36. The molecule has 1 unspecified atom stereocenters. The van der Waals surface area contributed by atoms with Gasteiger partial charge in [-0.2, -0.15) is 0 Å². The van der Waals surface area contributed by atoms with E-state index in [1.54, 1.807) is 42.7 Å². The number of nitrogens with zero attached hydrogens (tertiary/aromatic N) is 2. The molecule has 1 atom stereocenters. The Morgan fingerprint density at radius 2 is 1.78 bits per heavy atom. The molecule has 1 amide bonds. The molecule has 158 valence electrons. The maximum Gasteiger partial charge on any atom is 0.295 e. The third-order valence-electron chi connectivity index (χ3n) is 5.88. The lowest BCUT2D eigenvalue weighted by Crippen LogP contribution is -2.31. The van der Waals surface area contributed by atoms with Crippen LogP contribution in [0.25, 0.3) is 16.7 Å². The Balaban J connectivity index is 1.55. The minimum atomic E-state index is -0.700. The molecule has 0 bridgehead atoms. The third kappa shape index (κ3) is 3.36. The van der Waals surface area contributed by atoms with Crippen molar-refractivity contribution in [2.75, 3.05) is 6.54 Å². The number of aliphatic hydroxyl groups excluding tert-OH is 1. The molecule has 0 radical (unpaired) electrons. The van der Waals surface area contributed by atoms with Gasteiger partial charge in [0.15, 0.2) is 0 Å². The van der Waals surface area contributed by atoms with Crippen LogP contribution in [-0.4, -0.2) is 38.2 Å². The molecule has 0 spiro atoms. The molecular formula is C26H21N3O3. The summed E-state index contributed by atoms with van der Waals surface area (Å²) in [6.07, 6.45) is 5.77. The Bertz CT molecular complexity index is 1330. The number of fused-ring (bicyclic) bond motifs is 1. The summed E-state index contributed by atoms with van der Waals surface area (Å²) in [4.78, 5) is 35.1. The van der Waals surface area contributed by atoms with Crippen molar-refractivity contribution in [3.05, 3.63) is 108 Å². The van der Waals surface area contributed by atoms with Gasteiger partial charge >= 0.3 is 0 Å². The topological polar surface area (TPSA) is 86.3 Å². The molecule has 3 heterocycles. The van der Waals surface area contributed by atoms with Crippen LogP contribution in [-0.2, 0) is 16.0 Å². The van der Waals surface area contributed by atoms with Crippen LogP contribution in [0.1, 0.15) is 22.7 Å². The fraction of sp³-hybridized carbons (Fsp3) is 0.115. The second-order valence-electron chi connectivity index (χ2n) is 7.75. The van der Waals surface area contributed by atoms with Gasteiger partial charge in [-0.25, -0.2) is 0 Å². The lowest BCUT2D eigenvalue weighted by molar-refractivity contribution is -0.139. The number of carbonyl (C=O) groups is 2. The number of pyridine rings is 1. The van der Waals surface area contributed by atoms with Crippen molar-refractivity contribution in [3.63, 3.8) is 0 Å². The number of aromatic nitrogens is 2. The smallest absolute Gasteiger partial charge is 0.295 e. The van der Waals surface area contributed by atoms with E-state index in [-0.39, 0.29) is 11.3 Å². The molecule has 1 saturated heterocycles. The van der Waals surface area contributed by atoms with E-state index in [2.05, 4.69) is 9.97 Å². The van der Waals surface area contributed by atoms with E-state index in [0.29, 0.717) is 24.1 Å². The van der Waals surface area contributed by atoms with Gasteiger partial charge in [-0.05, 0) is 29.7 Å². The number of ketones is 1. The first-order valence-corrected chi connectivity index (χ1v) is 10.4. The van der Waals surface area contributed by atoms with Crippen LogP contribution in [0.5, 0.6) is 0 Å². The van der Waals surface area contributed by atoms with Crippen molar-refractivity contribution in [3.8, 4) is 0 Å². The highest BCUT2D eigenvalue weighted by Gasteiger charge is 2.45. The van der Waals surface area contributed by atoms with E-state index >= 15 is 0 Å². The molecule has 2 N–H and O–H groups in total. The van der Waals surface area contributed by atoms with Gasteiger partial charge in [0.05, 0.1) is 11.6 Å². The van der Waals surface area contributed by atoms with Crippen molar-refractivity contribution in [1.82, 2.24) is 14.9 Å². The molecule has 1 fully saturated rings. The maximum absolute atomic E-state index is 13.1. The van der Waals surface area contributed by atoms with Crippen LogP contribution in [0.3, 0.4) is 0 Å². The predicted molar refractivity (Wildman–Crippen MR) is 122 cm³/mol. The molecular weight excluding hydrogens is 402 g/mol. The van der Waals surface area contributed by atoms with Gasteiger partial charge in [0.1, 0.15) is 5.76 Å². The molecule has 6 heteroatoms. The summed E-state index contributed by atoms with van der Waals surface area (Å²) < 4.78 is 0. The Morgan fingerprint density at radius 1 is 1.00 bits per heavy atom. The number of carbonyl (C=O) groups excluding carboxylic acids is 2. The minimum Gasteiger partial charge on any atom is -0.507 e. The van der Waals surface area contributed by atoms with Gasteiger partial charge in [-0.3, -0.25) is 14.6 Å². The number of rotatable bonds is 5. The van der Waals surface area contributed by atoms with Crippen LogP contribution in [0, 0.1) is 0 Å². The number of aromatic amines is 1. The highest BCUT2D eigenvalue weighted by Crippen LogP contribution is 2.39. The molecule has 1 aliphatic heterocycles. The standard InChI is InChI=1S/C26H21N3O3/c30-24(17-7-2-1-3-8-17)22-23(19-9-6-13-27-15-19)29(26(32)25(22)31)14-12-18-16-28-21-11-5-4-10-20(18)21/h1-11,13,15-16,23,28,30H,12,14H2/b24-22+. The summed E-state index contributed by atoms with van der Waals surface area (Å²) in [7, 11) is 0. The summed E-state index contributed by atoms with van der Waals surface area (Å²) in [5, 5.41) is 12.1. The average molecular weight is 423 g/mol. The first-order chi connectivity index (χ1) is 15.6. The number of H-pyrrole nitrogens is 1. The zero-order valence-corrected chi connectivity index (χ0v) is 17.2. The van der Waals surface area contributed by atoms with Crippen LogP contribution in [0.2, 0.25) is 0 Å². The average Bonchev–Trinajstić information content (AvgIpc) is 3.37. The van der Waals surface area contributed by atoms with E-state index in [0.717, 1.165) is 16.5 Å². The van der Waals surface area contributed by atoms with Gasteiger partial charge < -0.3 is 15.0 Å². The van der Waals surface area contributed by atoms with E-state index in [1.807, 2.05) is 42.6 Å². The van der Waals surface area contributed by atoms with Crippen LogP contribution < -0.4 is 0 Å². The zero-order chi connectivity index (χ0) is 22.1. The monoisotopic (exact) mass is 423 g/mol. The van der Waals surface area contributed by atoms with Gasteiger partial charge in [-0.1, -0.05) is 54.6 Å². The Hall–Kier alpha value is -4.19. The summed E-state index contributed by atoms with van der Waals surface area (Å²) >= 11 is 0. The first kappa shape index (κ1) is 19.8. The number of likely N-dealkylation sites (tertiary alicyclic amines) is 1. The van der Waals surface area contributed by atoms with Crippen molar-refractivity contribution in [2.45, 2.75) is 12.5 Å². The summed E-state index contributed by atoms with van der Waals surface area (Å²) in [6.45, 7) is 0.331. The van der Waals surface area contributed by atoms with Gasteiger partial charge in [0.25, 0.3) is 11.7 Å². The maximum atomic E-state index is 13.1. The number of amides is 1. The van der Waals surface area contributed by atoms with Crippen molar-refractivity contribution < 1.29 is 14.7 Å². The highest BCUT2D eigenvalue weighted by molar-refractivity contribution is 6.46. The minimum absolute atomic E-state index is 0.0909. The van der Waals surface area contributed by atoms with E-state index < -0.39 is 17.7 Å². The second kappa shape index (κ2) is 8.15. The molecule has 32 heavy (non-hydrogen) atoms. The van der Waals surface area contributed by atoms with Gasteiger partial charge in [0.2, 0.25) is 0 Å². The molecule has 0 saturated carbocycles. The largest absolute Gasteiger partial charge is 0.507 e. The van der Waals surface area contributed by atoms with E-state index in [4.69, 9.17) is 0 Å². The summed E-state index contributed by atoms with van der Waals surface area (Å²) in [5.74, 6) is -1.47.